The zero-order valence-electron chi connectivity index (χ0n) is 15.0. The topological polar surface area (TPSA) is 67.4 Å². The highest BCUT2D eigenvalue weighted by molar-refractivity contribution is 6.35. The number of carbonyl (C=O) groups excluding carboxylic acids is 2. The highest BCUT2D eigenvalue weighted by Crippen LogP contribution is 2.27. The van der Waals surface area contributed by atoms with Gasteiger partial charge in [0.1, 0.15) is 11.8 Å². The molecule has 0 aliphatic heterocycles. The molecule has 1 unspecified atom stereocenters. The largest absolute Gasteiger partial charge is 0.492 e. The van der Waals surface area contributed by atoms with Gasteiger partial charge in [0.25, 0.3) is 0 Å². The second-order valence-electron chi connectivity index (χ2n) is 6.02. The third kappa shape index (κ3) is 7.49. The van der Waals surface area contributed by atoms with Gasteiger partial charge in [0.05, 0.1) is 11.6 Å². The molecule has 0 fully saturated rings. The van der Waals surface area contributed by atoms with E-state index < -0.39 is 6.04 Å². The molecule has 1 atom stereocenters. The lowest BCUT2D eigenvalue weighted by molar-refractivity contribution is -0.128. The molecule has 0 spiro atoms. The predicted octanol–water partition coefficient (Wildman–Crippen LogP) is 3.97. The number of carbonyl (C=O) groups is 2. The van der Waals surface area contributed by atoms with E-state index in [-0.39, 0.29) is 18.2 Å². The minimum atomic E-state index is -0.604. The van der Waals surface area contributed by atoms with Crippen LogP contribution in [0.3, 0.4) is 0 Å². The summed E-state index contributed by atoms with van der Waals surface area (Å²) >= 11 is 11.8. The van der Waals surface area contributed by atoms with E-state index >= 15 is 0 Å². The Bertz CT molecular complexity index is 769. The Hall–Kier alpha value is -2.24. The second kappa shape index (κ2) is 10.8. The van der Waals surface area contributed by atoms with Gasteiger partial charge in [0, 0.05) is 18.0 Å². The van der Waals surface area contributed by atoms with Crippen molar-refractivity contribution >= 4 is 35.0 Å². The summed E-state index contributed by atoms with van der Waals surface area (Å²) in [7, 11) is 0. The summed E-state index contributed by atoms with van der Waals surface area (Å²) < 4.78 is 5.53. The quantitative estimate of drug-likeness (QED) is 0.616. The highest BCUT2D eigenvalue weighted by Gasteiger charge is 2.15. The minimum Gasteiger partial charge on any atom is -0.492 e. The van der Waals surface area contributed by atoms with Gasteiger partial charge in [0.2, 0.25) is 11.8 Å². The zero-order valence-corrected chi connectivity index (χ0v) is 16.5. The summed E-state index contributed by atoms with van der Waals surface area (Å²) in [5, 5.41) is 6.44. The van der Waals surface area contributed by atoms with E-state index in [0.29, 0.717) is 35.4 Å². The highest BCUT2D eigenvalue weighted by atomic mass is 35.5. The van der Waals surface area contributed by atoms with Crippen LogP contribution < -0.4 is 15.4 Å². The normalized spacial score (nSPS) is 11.5. The molecule has 0 radical (unpaired) electrons. The number of rotatable bonds is 9. The van der Waals surface area contributed by atoms with Crippen LogP contribution in [0, 0.1) is 0 Å². The second-order valence-corrected chi connectivity index (χ2v) is 6.86. The van der Waals surface area contributed by atoms with Crippen LogP contribution in [-0.4, -0.2) is 24.5 Å². The van der Waals surface area contributed by atoms with Crippen molar-refractivity contribution in [2.45, 2.75) is 32.4 Å². The number of amides is 2. The fourth-order valence-corrected chi connectivity index (χ4v) is 2.79. The smallest absolute Gasteiger partial charge is 0.242 e. The van der Waals surface area contributed by atoms with Crippen LogP contribution in [0.25, 0.3) is 0 Å². The molecule has 0 heterocycles. The van der Waals surface area contributed by atoms with Crippen LogP contribution in [0.5, 0.6) is 5.75 Å². The molecule has 2 aromatic rings. The number of halogens is 2. The molecule has 2 rings (SSSR count). The van der Waals surface area contributed by atoms with Crippen molar-refractivity contribution in [1.29, 1.82) is 0 Å². The van der Waals surface area contributed by atoms with Crippen molar-refractivity contribution in [2.24, 2.45) is 0 Å². The minimum absolute atomic E-state index is 0.205. The number of nitrogens with one attached hydrogen (secondary N) is 2. The fourth-order valence-electron chi connectivity index (χ4n) is 2.32. The van der Waals surface area contributed by atoms with E-state index in [1.165, 1.54) is 0 Å². The van der Waals surface area contributed by atoms with Gasteiger partial charge in [0.15, 0.2) is 0 Å². The van der Waals surface area contributed by atoms with E-state index in [1.807, 2.05) is 30.3 Å². The van der Waals surface area contributed by atoms with Crippen LogP contribution in [0.4, 0.5) is 0 Å². The standard InChI is InChI=1S/C20H22Cl2N2O3/c1-14(20(26)23-13-15-6-3-2-4-7-15)24-19(25)8-5-11-27-18-10-9-16(21)12-17(18)22/h2-4,6-7,9-10,12,14H,5,8,11,13H2,1H3,(H,23,26)(H,24,25). The maximum absolute atomic E-state index is 12.1. The average Bonchev–Trinajstić information content (AvgIpc) is 2.65. The molecule has 27 heavy (non-hydrogen) atoms. The molecular weight excluding hydrogens is 387 g/mol. The molecule has 0 aliphatic carbocycles. The first kappa shape index (κ1) is 21.1. The van der Waals surface area contributed by atoms with E-state index in [9.17, 15) is 9.59 Å². The summed E-state index contributed by atoms with van der Waals surface area (Å²) in [6.07, 6.45) is 0.755. The summed E-state index contributed by atoms with van der Waals surface area (Å²) in [4.78, 5) is 24.0. The number of ether oxygens (including phenoxy) is 1. The van der Waals surface area contributed by atoms with Crippen molar-refractivity contribution in [3.8, 4) is 5.75 Å². The van der Waals surface area contributed by atoms with Crippen molar-refractivity contribution in [3.63, 3.8) is 0 Å². The van der Waals surface area contributed by atoms with Crippen LogP contribution in [-0.2, 0) is 16.1 Å². The van der Waals surface area contributed by atoms with Gasteiger partial charge in [-0.05, 0) is 37.1 Å². The van der Waals surface area contributed by atoms with Gasteiger partial charge >= 0.3 is 0 Å². The summed E-state index contributed by atoms with van der Waals surface area (Å²) in [6.45, 7) is 2.42. The Labute approximate surface area is 169 Å². The molecule has 0 bridgehead atoms. The molecule has 0 aliphatic rings. The molecule has 5 nitrogen and oxygen atoms in total. The first-order valence-corrected chi connectivity index (χ1v) is 9.40. The maximum Gasteiger partial charge on any atom is 0.242 e. The lowest BCUT2D eigenvalue weighted by Gasteiger charge is -2.14. The molecule has 7 heteroatoms. The van der Waals surface area contributed by atoms with Gasteiger partial charge in [-0.2, -0.15) is 0 Å². The third-order valence-corrected chi connectivity index (χ3v) is 4.31. The summed E-state index contributed by atoms with van der Waals surface area (Å²) in [5.74, 6) is 0.0923. The number of hydrogen-bond acceptors (Lipinski definition) is 3. The summed E-state index contributed by atoms with van der Waals surface area (Å²) in [5.41, 5.74) is 1.00. The Morgan fingerprint density at radius 3 is 2.56 bits per heavy atom. The van der Waals surface area contributed by atoms with Gasteiger partial charge < -0.3 is 15.4 Å². The zero-order chi connectivity index (χ0) is 19.6. The van der Waals surface area contributed by atoms with E-state index in [0.717, 1.165) is 5.56 Å². The molecule has 0 aromatic heterocycles. The lowest BCUT2D eigenvalue weighted by Crippen LogP contribution is -2.44. The third-order valence-electron chi connectivity index (χ3n) is 3.78. The van der Waals surface area contributed by atoms with Crippen LogP contribution >= 0.6 is 23.2 Å². The van der Waals surface area contributed by atoms with Crippen molar-refractivity contribution in [3.05, 3.63) is 64.1 Å². The molecule has 2 N–H and O–H groups in total. The number of hydrogen-bond donors (Lipinski definition) is 2. The van der Waals surface area contributed by atoms with E-state index in [2.05, 4.69) is 10.6 Å². The molecule has 144 valence electrons. The Balaban J connectivity index is 1.64. The van der Waals surface area contributed by atoms with Gasteiger partial charge in [-0.25, -0.2) is 0 Å². The van der Waals surface area contributed by atoms with Crippen LogP contribution in [0.1, 0.15) is 25.3 Å². The predicted molar refractivity (Wildman–Crippen MR) is 107 cm³/mol. The first-order valence-electron chi connectivity index (χ1n) is 8.64. The van der Waals surface area contributed by atoms with Gasteiger partial charge in [-0.1, -0.05) is 53.5 Å². The van der Waals surface area contributed by atoms with Crippen molar-refractivity contribution in [2.75, 3.05) is 6.61 Å². The van der Waals surface area contributed by atoms with Crippen molar-refractivity contribution in [1.82, 2.24) is 10.6 Å². The van der Waals surface area contributed by atoms with Gasteiger partial charge in [-0.15, -0.1) is 0 Å². The first-order chi connectivity index (χ1) is 13.0. The van der Waals surface area contributed by atoms with Gasteiger partial charge in [-0.3, -0.25) is 9.59 Å². The SMILES string of the molecule is CC(NC(=O)CCCOc1ccc(Cl)cc1Cl)C(=O)NCc1ccccc1. The van der Waals surface area contributed by atoms with Crippen LogP contribution in [0.15, 0.2) is 48.5 Å². The lowest BCUT2D eigenvalue weighted by atomic mass is 10.2. The Morgan fingerprint density at radius 2 is 1.85 bits per heavy atom. The monoisotopic (exact) mass is 408 g/mol. The summed E-state index contributed by atoms with van der Waals surface area (Å²) in [6, 6.07) is 14.0. The van der Waals surface area contributed by atoms with E-state index in [1.54, 1.807) is 25.1 Å². The molecule has 2 aromatic carbocycles. The average molecular weight is 409 g/mol. The van der Waals surface area contributed by atoms with E-state index in [4.69, 9.17) is 27.9 Å². The maximum atomic E-state index is 12.1. The fraction of sp³-hybridized carbons (Fsp3) is 0.300. The molecule has 2 amide bonds. The molecule has 0 saturated carbocycles. The van der Waals surface area contributed by atoms with Crippen LogP contribution in [0.2, 0.25) is 10.0 Å². The Kier molecular flexibility index (Phi) is 8.43. The van der Waals surface area contributed by atoms with Crippen molar-refractivity contribution < 1.29 is 14.3 Å². The number of benzene rings is 2. The molecule has 0 saturated heterocycles. The molecular formula is C20H22Cl2N2O3. The Morgan fingerprint density at radius 1 is 1.11 bits per heavy atom.